The molecule has 2 N–H and O–H groups in total. The van der Waals surface area contributed by atoms with Crippen LogP contribution in [-0.2, 0) is 4.74 Å². The van der Waals surface area contributed by atoms with E-state index in [9.17, 15) is 4.39 Å². The fourth-order valence-corrected chi connectivity index (χ4v) is 6.14. The van der Waals surface area contributed by atoms with E-state index < -0.39 is 5.82 Å². The van der Waals surface area contributed by atoms with Crippen LogP contribution < -0.4 is 15.6 Å². The summed E-state index contributed by atoms with van der Waals surface area (Å²) in [5.74, 6) is 2.33. The van der Waals surface area contributed by atoms with Crippen LogP contribution in [0.4, 0.5) is 27.5 Å². The summed E-state index contributed by atoms with van der Waals surface area (Å²) in [4.78, 5) is 14.5. The van der Waals surface area contributed by atoms with Crippen LogP contribution in [0.3, 0.4) is 0 Å². The minimum absolute atomic E-state index is 0.212. The molecule has 7 rings (SSSR count). The number of rotatable bonds is 7. The van der Waals surface area contributed by atoms with Gasteiger partial charge in [0.2, 0.25) is 5.95 Å². The monoisotopic (exact) mass is 535 g/mol. The molecule has 4 fully saturated rings. The Morgan fingerprint density at radius 2 is 1.89 bits per heavy atom. The molecule has 1 saturated heterocycles. The van der Waals surface area contributed by atoms with Gasteiger partial charge in [0.15, 0.2) is 11.6 Å². The third-order valence-corrected chi connectivity index (χ3v) is 8.17. The van der Waals surface area contributed by atoms with Crippen molar-refractivity contribution < 1.29 is 9.13 Å². The highest BCUT2D eigenvalue weighted by Gasteiger charge is 2.38. The number of hydrazone groups is 1. The van der Waals surface area contributed by atoms with E-state index in [1.54, 1.807) is 12.4 Å². The molecular formula is C28H31ClFN7O. The van der Waals surface area contributed by atoms with Crippen molar-refractivity contribution in [3.05, 3.63) is 64.8 Å². The zero-order valence-corrected chi connectivity index (χ0v) is 21.9. The van der Waals surface area contributed by atoms with Crippen LogP contribution in [0.2, 0.25) is 5.02 Å². The molecule has 2 aromatic heterocycles. The maximum Gasteiger partial charge on any atom is 0.245 e. The van der Waals surface area contributed by atoms with Crippen molar-refractivity contribution in [2.75, 3.05) is 41.9 Å². The Labute approximate surface area is 226 Å². The first-order valence-electron chi connectivity index (χ1n) is 13.3. The number of halogens is 2. The summed E-state index contributed by atoms with van der Waals surface area (Å²) in [6, 6.07) is 10.1. The van der Waals surface area contributed by atoms with Gasteiger partial charge in [-0.05, 0) is 66.8 Å². The Balaban J connectivity index is 1.06. The topological polar surface area (TPSA) is 87.6 Å². The summed E-state index contributed by atoms with van der Waals surface area (Å²) in [6.45, 7) is 2.25. The van der Waals surface area contributed by atoms with Crippen LogP contribution in [0.25, 0.3) is 0 Å². The molecule has 1 aromatic carbocycles. The van der Waals surface area contributed by atoms with Crippen LogP contribution >= 0.6 is 11.6 Å². The van der Waals surface area contributed by atoms with Crippen molar-refractivity contribution in [3.8, 4) is 0 Å². The zero-order valence-electron chi connectivity index (χ0n) is 21.1. The minimum Gasteiger partial charge on any atom is -0.378 e. The number of fused-ring (bicyclic) bond motifs is 3. The molecule has 0 spiro atoms. The second kappa shape index (κ2) is 11.2. The van der Waals surface area contributed by atoms with E-state index in [1.807, 2.05) is 23.1 Å². The third-order valence-electron chi connectivity index (χ3n) is 7.84. The highest BCUT2D eigenvalue weighted by Crippen LogP contribution is 2.52. The molecule has 1 aliphatic heterocycles. The van der Waals surface area contributed by atoms with Crippen molar-refractivity contribution in [2.45, 2.75) is 38.0 Å². The number of nitrogens with one attached hydrogen (secondary N) is 2. The van der Waals surface area contributed by atoms with Crippen LogP contribution in [0.15, 0.2) is 47.8 Å². The highest BCUT2D eigenvalue weighted by atomic mass is 35.5. The van der Waals surface area contributed by atoms with Gasteiger partial charge in [0.25, 0.3) is 0 Å². The van der Waals surface area contributed by atoms with Crippen molar-refractivity contribution in [2.24, 2.45) is 16.9 Å². The lowest BCUT2D eigenvalue weighted by Crippen LogP contribution is -2.37. The van der Waals surface area contributed by atoms with Crippen molar-refractivity contribution in [1.82, 2.24) is 15.0 Å². The van der Waals surface area contributed by atoms with Gasteiger partial charge in [0.05, 0.1) is 43.2 Å². The van der Waals surface area contributed by atoms with Gasteiger partial charge >= 0.3 is 0 Å². The second-order valence-electron chi connectivity index (χ2n) is 10.3. The SMILES string of the molecule is Fc1cnc(N/N=C/c2ccc(Nc3ccc(C4CCCC5CC4C5)c(Cl)c3)cn2)nc1N1CCOCC1. The largest absolute Gasteiger partial charge is 0.378 e. The Hall–Kier alpha value is -3.30. The Kier molecular flexibility index (Phi) is 7.38. The van der Waals surface area contributed by atoms with Crippen molar-refractivity contribution >= 4 is 41.0 Å². The Morgan fingerprint density at radius 1 is 1.05 bits per heavy atom. The smallest absolute Gasteiger partial charge is 0.245 e. The quantitative estimate of drug-likeness (QED) is 0.284. The molecule has 0 radical (unpaired) electrons. The highest BCUT2D eigenvalue weighted by molar-refractivity contribution is 6.31. The number of hydrogen-bond acceptors (Lipinski definition) is 8. The molecule has 3 aliphatic carbocycles. The normalized spacial score (nSPS) is 23.1. The summed E-state index contributed by atoms with van der Waals surface area (Å²) in [5.41, 5.74) is 6.49. The molecule has 2 bridgehead atoms. The first-order valence-corrected chi connectivity index (χ1v) is 13.7. The molecule has 0 amide bonds. The molecule has 3 saturated carbocycles. The molecule has 1 unspecified atom stereocenters. The molecule has 3 heterocycles. The molecule has 38 heavy (non-hydrogen) atoms. The van der Waals surface area contributed by atoms with Gasteiger partial charge in [0, 0.05) is 23.8 Å². The van der Waals surface area contributed by atoms with E-state index in [0.717, 1.165) is 34.4 Å². The van der Waals surface area contributed by atoms with Gasteiger partial charge in [-0.1, -0.05) is 30.5 Å². The maximum atomic E-state index is 14.2. The van der Waals surface area contributed by atoms with Crippen LogP contribution in [-0.4, -0.2) is 47.5 Å². The predicted octanol–water partition coefficient (Wildman–Crippen LogP) is 5.98. The van der Waals surface area contributed by atoms with Gasteiger partial charge in [-0.15, -0.1) is 0 Å². The lowest BCUT2D eigenvalue weighted by molar-refractivity contribution is 0.122. The summed E-state index contributed by atoms with van der Waals surface area (Å²) in [5, 5.41) is 8.38. The number of ether oxygens (including phenoxy) is 1. The average Bonchev–Trinajstić information content (AvgIpc) is 3.25. The first-order chi connectivity index (χ1) is 18.6. The Bertz CT molecular complexity index is 1290. The number of anilines is 4. The van der Waals surface area contributed by atoms with E-state index in [-0.39, 0.29) is 11.8 Å². The predicted molar refractivity (Wildman–Crippen MR) is 148 cm³/mol. The fraction of sp³-hybridized carbons (Fsp3) is 0.429. The lowest BCUT2D eigenvalue weighted by atomic mass is 9.68. The summed E-state index contributed by atoms with van der Waals surface area (Å²) < 4.78 is 19.5. The standard InChI is InChI=1S/C28H31ClFN7O/c29-25-14-20(6-7-24(25)23-3-1-2-18-12-19(23)13-18)34-22-5-4-21(31-15-22)16-33-36-28-32-17-26(30)27(35-28)37-8-10-38-11-9-37/h4-7,14-19,23,34H,1-3,8-13H2,(H,32,35,36)/b33-16+. The van der Waals surface area contributed by atoms with E-state index in [4.69, 9.17) is 16.3 Å². The lowest BCUT2D eigenvalue weighted by Gasteiger charge is -2.37. The van der Waals surface area contributed by atoms with Gasteiger partial charge in [-0.2, -0.15) is 10.1 Å². The minimum atomic E-state index is -0.469. The van der Waals surface area contributed by atoms with E-state index in [2.05, 4.69) is 42.9 Å². The number of benzene rings is 1. The van der Waals surface area contributed by atoms with Crippen molar-refractivity contribution in [3.63, 3.8) is 0 Å². The molecule has 3 aromatic rings. The van der Waals surface area contributed by atoms with Crippen LogP contribution in [0.5, 0.6) is 0 Å². The molecule has 4 aliphatic rings. The number of morpholine rings is 1. The van der Waals surface area contributed by atoms with E-state index in [0.29, 0.717) is 37.9 Å². The molecule has 8 nitrogen and oxygen atoms in total. The summed E-state index contributed by atoms with van der Waals surface area (Å²) in [7, 11) is 0. The summed E-state index contributed by atoms with van der Waals surface area (Å²) in [6.07, 6.45) is 11.1. The first kappa shape index (κ1) is 25.0. The molecule has 10 heteroatoms. The maximum absolute atomic E-state index is 14.2. The average molecular weight is 536 g/mol. The van der Waals surface area contributed by atoms with E-state index in [1.165, 1.54) is 37.7 Å². The number of hydrogen-bond donors (Lipinski definition) is 2. The molecule has 198 valence electrons. The zero-order chi connectivity index (χ0) is 25.9. The van der Waals surface area contributed by atoms with Crippen molar-refractivity contribution in [1.29, 1.82) is 0 Å². The van der Waals surface area contributed by atoms with E-state index >= 15 is 0 Å². The van der Waals surface area contributed by atoms with Crippen LogP contribution in [0.1, 0.15) is 49.3 Å². The second-order valence-corrected chi connectivity index (χ2v) is 10.7. The van der Waals surface area contributed by atoms with Gasteiger partial charge < -0.3 is 15.0 Å². The molecule has 1 atom stereocenters. The fourth-order valence-electron chi connectivity index (χ4n) is 5.82. The van der Waals surface area contributed by atoms with Gasteiger partial charge in [-0.3, -0.25) is 4.98 Å². The van der Waals surface area contributed by atoms with Gasteiger partial charge in [-0.25, -0.2) is 14.8 Å². The number of pyridine rings is 1. The number of aromatic nitrogens is 3. The van der Waals surface area contributed by atoms with Crippen LogP contribution in [0, 0.1) is 17.7 Å². The Morgan fingerprint density at radius 3 is 2.68 bits per heavy atom. The van der Waals surface area contributed by atoms with Gasteiger partial charge in [0.1, 0.15) is 0 Å². The summed E-state index contributed by atoms with van der Waals surface area (Å²) >= 11 is 6.74. The third kappa shape index (κ3) is 5.59. The number of nitrogens with zero attached hydrogens (tertiary/aromatic N) is 5. The molecular weight excluding hydrogens is 505 g/mol.